The van der Waals surface area contributed by atoms with Crippen LogP contribution in [0.5, 0.6) is 0 Å². The molecule has 7 heteroatoms. The Kier molecular flexibility index (Phi) is 4.89. The molecule has 1 amide bonds. The van der Waals surface area contributed by atoms with E-state index in [1.165, 1.54) is 12.8 Å². The van der Waals surface area contributed by atoms with E-state index in [2.05, 4.69) is 45.2 Å². The molecule has 1 spiro atoms. The minimum atomic E-state index is -0.502. The third-order valence-corrected chi connectivity index (χ3v) is 6.35. The number of carbonyl (C=O) groups is 1. The summed E-state index contributed by atoms with van der Waals surface area (Å²) in [5.41, 5.74) is 1.72. The summed E-state index contributed by atoms with van der Waals surface area (Å²) in [6.45, 7) is 6.49. The van der Waals surface area contributed by atoms with E-state index in [0.717, 1.165) is 45.1 Å². The van der Waals surface area contributed by atoms with Crippen molar-refractivity contribution in [3.8, 4) is 0 Å². The average molecular weight is 476 g/mol. The Bertz CT molecular complexity index is 1100. The van der Waals surface area contributed by atoms with Gasteiger partial charge in [-0.25, -0.2) is 9.78 Å². The van der Waals surface area contributed by atoms with Crippen LogP contribution in [0.1, 0.15) is 51.9 Å². The number of hydrogen-bond acceptors (Lipinski definition) is 3. The van der Waals surface area contributed by atoms with Gasteiger partial charge in [-0.2, -0.15) is 13.5 Å². The van der Waals surface area contributed by atoms with Crippen LogP contribution < -0.4 is 0 Å². The topological polar surface area (TPSA) is 58.2 Å². The fourth-order valence-corrected chi connectivity index (χ4v) is 4.68. The van der Waals surface area contributed by atoms with Gasteiger partial charge in [0.15, 0.2) is 0 Å². The third-order valence-electron chi connectivity index (χ3n) is 5.86. The van der Waals surface area contributed by atoms with Gasteiger partial charge in [-0.15, -0.1) is 0 Å². The molecule has 1 N–H and O–H groups in total. The van der Waals surface area contributed by atoms with Crippen LogP contribution in [0.3, 0.4) is 0 Å². The Morgan fingerprint density at radius 1 is 1.28 bits per heavy atom. The Morgan fingerprint density at radius 3 is 2.72 bits per heavy atom. The van der Waals surface area contributed by atoms with E-state index >= 15 is 0 Å². The molecule has 0 bridgehead atoms. The number of H-pyrrole nitrogens is 1. The number of ether oxygens (including phenoxy) is 1. The van der Waals surface area contributed by atoms with E-state index < -0.39 is 5.60 Å². The zero-order chi connectivity index (χ0) is 19.7. The van der Waals surface area contributed by atoms with E-state index in [-0.39, 0.29) is 31.0 Å². The van der Waals surface area contributed by atoms with E-state index in [1.54, 1.807) is 0 Å². The van der Waals surface area contributed by atoms with Crippen LogP contribution in [0, 0.1) is 5.41 Å². The highest BCUT2D eigenvalue weighted by atomic mass is 79.9. The van der Waals surface area contributed by atoms with Crippen LogP contribution in [-0.2, 0) is 4.74 Å². The molecule has 0 unspecified atom stereocenters. The number of amides is 1. The summed E-state index contributed by atoms with van der Waals surface area (Å²) < 4.78 is 6.75. The molecule has 29 heavy (non-hydrogen) atoms. The van der Waals surface area contributed by atoms with E-state index in [9.17, 15) is 4.79 Å². The number of carbonyl (C=O) groups excluding carboxylic acids is 1. The van der Waals surface area contributed by atoms with Gasteiger partial charge in [0.25, 0.3) is 0 Å². The van der Waals surface area contributed by atoms with Gasteiger partial charge in [0, 0.05) is 16.4 Å². The lowest BCUT2D eigenvalue weighted by atomic mass is 10.0. The van der Waals surface area contributed by atoms with Crippen LogP contribution in [0.15, 0.2) is 34.8 Å². The van der Waals surface area contributed by atoms with Gasteiger partial charge in [-0.05, 0) is 69.0 Å². The number of aromatic amines is 1. The summed E-state index contributed by atoms with van der Waals surface area (Å²) in [6, 6.07) is 10.3. The zero-order valence-electron chi connectivity index (χ0n) is 16.9. The van der Waals surface area contributed by atoms with Crippen LogP contribution in [0.2, 0.25) is 0 Å². The van der Waals surface area contributed by atoms with Crippen molar-refractivity contribution in [2.75, 3.05) is 6.54 Å². The molecule has 1 saturated carbocycles. The second-order valence-corrected chi connectivity index (χ2v) is 10.2. The minimum Gasteiger partial charge on any atom is -0.444 e. The molecule has 1 aliphatic heterocycles. The Morgan fingerprint density at radius 2 is 2.03 bits per heavy atom. The molecule has 154 valence electrons. The SMILES string of the molecule is CC(C)(C)OC(=O)N1CC2(CC2)C[C@H]1c1nc2c(ccc3cc(Br)ccc32)[nH]1.S. The van der Waals surface area contributed by atoms with Crippen molar-refractivity contribution in [1.29, 1.82) is 0 Å². The first-order chi connectivity index (χ1) is 13.2. The molecule has 2 aliphatic rings. The predicted molar refractivity (Wildman–Crippen MR) is 124 cm³/mol. The number of rotatable bonds is 1. The van der Waals surface area contributed by atoms with E-state index in [1.807, 2.05) is 31.7 Å². The highest BCUT2D eigenvalue weighted by Crippen LogP contribution is 2.58. The normalized spacial score (nSPS) is 20.3. The molecule has 1 atom stereocenters. The van der Waals surface area contributed by atoms with Gasteiger partial charge < -0.3 is 9.72 Å². The molecule has 1 aliphatic carbocycles. The second-order valence-electron chi connectivity index (χ2n) is 9.28. The molecule has 5 rings (SSSR count). The molecular weight excluding hydrogens is 450 g/mol. The minimum absolute atomic E-state index is 0. The monoisotopic (exact) mass is 475 g/mol. The zero-order valence-corrected chi connectivity index (χ0v) is 19.5. The maximum atomic E-state index is 12.9. The lowest BCUT2D eigenvalue weighted by molar-refractivity contribution is 0.0212. The standard InChI is InChI=1S/C22H24BrN3O2.H2S/c1-21(2,3)28-20(27)26-12-22(8-9-22)11-17(26)19-24-16-7-4-13-10-14(23)5-6-15(13)18(16)25-19;/h4-7,10,17H,8-9,11-12H2,1-3H3,(H,24,25);1H2/t17-;/m0./s1. The maximum absolute atomic E-state index is 12.9. The molecule has 1 saturated heterocycles. The Balaban J connectivity index is 0.00000205. The number of fused-ring (bicyclic) bond motifs is 3. The highest BCUT2D eigenvalue weighted by molar-refractivity contribution is 9.10. The van der Waals surface area contributed by atoms with Crippen molar-refractivity contribution in [3.63, 3.8) is 0 Å². The van der Waals surface area contributed by atoms with Crippen LogP contribution in [-0.4, -0.2) is 33.1 Å². The number of aromatic nitrogens is 2. The summed E-state index contributed by atoms with van der Waals surface area (Å²) >= 11 is 3.54. The summed E-state index contributed by atoms with van der Waals surface area (Å²) in [5, 5.41) is 2.26. The first kappa shape index (κ1) is 20.5. The molecule has 0 radical (unpaired) electrons. The molecule has 2 heterocycles. The van der Waals surface area contributed by atoms with Crippen molar-refractivity contribution in [2.24, 2.45) is 5.41 Å². The number of imidazole rings is 1. The van der Waals surface area contributed by atoms with Gasteiger partial charge in [0.05, 0.1) is 17.1 Å². The molecule has 3 aromatic rings. The lowest BCUT2D eigenvalue weighted by Crippen LogP contribution is -2.37. The molecule has 2 fully saturated rings. The number of halogens is 1. The number of hydrogen-bond donors (Lipinski definition) is 1. The molecule has 2 aromatic carbocycles. The maximum Gasteiger partial charge on any atom is 0.410 e. The van der Waals surface area contributed by atoms with E-state index in [4.69, 9.17) is 9.72 Å². The van der Waals surface area contributed by atoms with Crippen LogP contribution in [0.4, 0.5) is 4.79 Å². The fourth-order valence-electron chi connectivity index (χ4n) is 4.30. The fraction of sp³-hybridized carbons (Fsp3) is 0.455. The van der Waals surface area contributed by atoms with Crippen molar-refractivity contribution in [2.45, 2.75) is 51.7 Å². The lowest BCUT2D eigenvalue weighted by Gasteiger charge is -2.27. The quantitative estimate of drug-likeness (QED) is 0.465. The number of benzene rings is 2. The summed E-state index contributed by atoms with van der Waals surface area (Å²) in [7, 11) is 0. The second kappa shape index (κ2) is 6.91. The van der Waals surface area contributed by atoms with Gasteiger partial charge in [0.1, 0.15) is 11.4 Å². The summed E-state index contributed by atoms with van der Waals surface area (Å²) in [6.07, 6.45) is 3.07. The number of nitrogens with zero attached hydrogens (tertiary/aromatic N) is 2. The van der Waals surface area contributed by atoms with Crippen molar-refractivity contribution in [3.05, 3.63) is 40.6 Å². The molecular formula is C22H26BrN3O2S. The highest BCUT2D eigenvalue weighted by Gasteiger charge is 2.55. The van der Waals surface area contributed by atoms with Crippen LogP contribution in [0.25, 0.3) is 21.8 Å². The molecule has 1 aromatic heterocycles. The van der Waals surface area contributed by atoms with Gasteiger partial charge in [-0.3, -0.25) is 4.90 Å². The van der Waals surface area contributed by atoms with Crippen molar-refractivity contribution >= 4 is 57.3 Å². The van der Waals surface area contributed by atoms with Crippen LogP contribution >= 0.6 is 29.4 Å². The van der Waals surface area contributed by atoms with Gasteiger partial charge >= 0.3 is 6.09 Å². The number of nitrogens with one attached hydrogen (secondary N) is 1. The smallest absolute Gasteiger partial charge is 0.410 e. The number of likely N-dealkylation sites (tertiary alicyclic amines) is 1. The largest absolute Gasteiger partial charge is 0.444 e. The Labute approximate surface area is 185 Å². The van der Waals surface area contributed by atoms with Gasteiger partial charge in [0.2, 0.25) is 0 Å². The average Bonchev–Trinajstić information content (AvgIpc) is 3.06. The van der Waals surface area contributed by atoms with Crippen molar-refractivity contribution < 1.29 is 9.53 Å². The predicted octanol–water partition coefficient (Wildman–Crippen LogP) is 6.05. The first-order valence-electron chi connectivity index (χ1n) is 9.81. The molecule has 5 nitrogen and oxygen atoms in total. The van der Waals surface area contributed by atoms with E-state index in [0.29, 0.717) is 0 Å². The Hall–Kier alpha value is -1.73. The first-order valence-corrected chi connectivity index (χ1v) is 10.6. The van der Waals surface area contributed by atoms with Gasteiger partial charge in [-0.1, -0.05) is 28.1 Å². The summed E-state index contributed by atoms with van der Waals surface area (Å²) in [5.74, 6) is 0.861. The summed E-state index contributed by atoms with van der Waals surface area (Å²) in [4.78, 5) is 23.2. The van der Waals surface area contributed by atoms with Crippen molar-refractivity contribution in [1.82, 2.24) is 14.9 Å². The third kappa shape index (κ3) is 3.75.